The van der Waals surface area contributed by atoms with Crippen molar-refractivity contribution in [2.24, 2.45) is 5.92 Å². The summed E-state index contributed by atoms with van der Waals surface area (Å²) in [7, 11) is 0. The van der Waals surface area contributed by atoms with Gasteiger partial charge in [0.1, 0.15) is 0 Å². The van der Waals surface area contributed by atoms with Crippen molar-refractivity contribution in [3.63, 3.8) is 0 Å². The average Bonchev–Trinajstić information content (AvgIpc) is 2.74. The summed E-state index contributed by atoms with van der Waals surface area (Å²) in [6.45, 7) is 0. The molecule has 15 heavy (non-hydrogen) atoms. The number of carbonyl (C=O) groups excluding carboxylic acids is 1. The quantitative estimate of drug-likeness (QED) is 0.770. The summed E-state index contributed by atoms with van der Waals surface area (Å²) >= 11 is 0. The van der Waals surface area contributed by atoms with Gasteiger partial charge in [-0.15, -0.1) is 0 Å². The zero-order valence-corrected chi connectivity index (χ0v) is 8.45. The number of aromatic amines is 1. The second-order valence-electron chi connectivity index (χ2n) is 3.91. The van der Waals surface area contributed by atoms with Crippen LogP contribution in [0.25, 0.3) is 0 Å². The minimum Gasteiger partial charge on any atom is -0.327 e. The molecule has 1 saturated carbocycles. The lowest BCUT2D eigenvalue weighted by molar-refractivity contribution is -0.119. The second kappa shape index (κ2) is 4.29. The lowest BCUT2D eigenvalue weighted by atomic mass is 10.1. The molecule has 4 heteroatoms. The van der Waals surface area contributed by atoms with Crippen molar-refractivity contribution in [3.8, 4) is 0 Å². The molecule has 2 rings (SSSR count). The number of hydrogen-bond acceptors (Lipinski definition) is 2. The van der Waals surface area contributed by atoms with Gasteiger partial charge >= 0.3 is 0 Å². The maximum atomic E-state index is 11.7. The number of hydrogen-bond donors (Lipinski definition) is 2. The van der Waals surface area contributed by atoms with Crippen LogP contribution in [-0.4, -0.2) is 10.9 Å². The molecule has 2 N–H and O–H groups in total. The van der Waals surface area contributed by atoms with Crippen LogP contribution in [0.3, 0.4) is 0 Å². The molecule has 80 valence electrons. The molecule has 1 aliphatic carbocycles. The zero-order chi connectivity index (χ0) is 10.7. The molecule has 0 bridgehead atoms. The highest BCUT2D eigenvalue weighted by molar-refractivity contribution is 5.92. The lowest BCUT2D eigenvalue weighted by Gasteiger charge is -2.09. The van der Waals surface area contributed by atoms with E-state index in [1.165, 1.54) is 12.3 Å². The van der Waals surface area contributed by atoms with Gasteiger partial charge in [0, 0.05) is 18.2 Å². The van der Waals surface area contributed by atoms with Crippen LogP contribution in [0.4, 0.5) is 5.69 Å². The molecule has 1 heterocycles. The van der Waals surface area contributed by atoms with E-state index in [9.17, 15) is 9.59 Å². The minimum absolute atomic E-state index is 0.0690. The molecular weight excluding hydrogens is 192 g/mol. The minimum atomic E-state index is -0.158. The molecule has 1 aliphatic rings. The molecule has 1 aromatic heterocycles. The number of anilines is 1. The number of pyridine rings is 1. The normalized spacial score (nSPS) is 16.5. The van der Waals surface area contributed by atoms with Crippen molar-refractivity contribution in [2.45, 2.75) is 25.7 Å². The summed E-state index contributed by atoms with van der Waals surface area (Å²) in [5.74, 6) is 0.219. The van der Waals surface area contributed by atoms with Gasteiger partial charge in [-0.25, -0.2) is 0 Å². The van der Waals surface area contributed by atoms with E-state index in [0.29, 0.717) is 5.69 Å². The van der Waals surface area contributed by atoms with Gasteiger partial charge in [0.05, 0.1) is 5.69 Å². The summed E-state index contributed by atoms with van der Waals surface area (Å²) in [6.07, 6.45) is 5.77. The number of carbonyl (C=O) groups is 1. The standard InChI is InChI=1S/C11H14N2O2/c14-10-6-5-9(7-12-10)13-11(15)8-3-1-2-4-8/h5-8H,1-4H2,(H,12,14)(H,13,15). The molecule has 4 nitrogen and oxygen atoms in total. The highest BCUT2D eigenvalue weighted by Gasteiger charge is 2.22. The largest absolute Gasteiger partial charge is 0.327 e. The third kappa shape index (κ3) is 2.46. The second-order valence-corrected chi connectivity index (χ2v) is 3.91. The summed E-state index contributed by atoms with van der Waals surface area (Å²) < 4.78 is 0. The van der Waals surface area contributed by atoms with Crippen molar-refractivity contribution >= 4 is 11.6 Å². The molecule has 0 spiro atoms. The monoisotopic (exact) mass is 206 g/mol. The van der Waals surface area contributed by atoms with E-state index < -0.39 is 0 Å². The van der Waals surface area contributed by atoms with E-state index in [0.717, 1.165) is 25.7 Å². The smallest absolute Gasteiger partial charge is 0.248 e. The van der Waals surface area contributed by atoms with Crippen molar-refractivity contribution in [3.05, 3.63) is 28.7 Å². The first-order chi connectivity index (χ1) is 7.25. The van der Waals surface area contributed by atoms with E-state index in [-0.39, 0.29) is 17.4 Å². The first-order valence-corrected chi connectivity index (χ1v) is 5.25. The van der Waals surface area contributed by atoms with Crippen LogP contribution in [0.15, 0.2) is 23.1 Å². The lowest BCUT2D eigenvalue weighted by Crippen LogP contribution is -2.20. The summed E-state index contributed by atoms with van der Waals surface area (Å²) in [4.78, 5) is 25.0. The number of amides is 1. The summed E-state index contributed by atoms with van der Waals surface area (Å²) in [5.41, 5.74) is 0.500. The Hall–Kier alpha value is -1.58. The predicted molar refractivity (Wildman–Crippen MR) is 57.7 cm³/mol. The summed E-state index contributed by atoms with van der Waals surface area (Å²) in [6, 6.07) is 3.02. The fraction of sp³-hybridized carbons (Fsp3) is 0.455. The Morgan fingerprint density at radius 2 is 2.07 bits per heavy atom. The molecule has 0 radical (unpaired) electrons. The Morgan fingerprint density at radius 1 is 1.33 bits per heavy atom. The number of nitrogens with one attached hydrogen (secondary N) is 2. The topological polar surface area (TPSA) is 62.0 Å². The SMILES string of the molecule is O=C(Nc1ccc(=O)[nH]c1)C1CCCC1. The highest BCUT2D eigenvalue weighted by Crippen LogP contribution is 2.25. The maximum Gasteiger partial charge on any atom is 0.248 e. The zero-order valence-electron chi connectivity index (χ0n) is 8.45. The van der Waals surface area contributed by atoms with Crippen LogP contribution in [0.2, 0.25) is 0 Å². The summed E-state index contributed by atoms with van der Waals surface area (Å²) in [5, 5.41) is 2.80. The Morgan fingerprint density at radius 3 is 2.67 bits per heavy atom. The van der Waals surface area contributed by atoms with Gasteiger partial charge in [0.15, 0.2) is 0 Å². The van der Waals surface area contributed by atoms with Gasteiger partial charge in [-0.05, 0) is 18.9 Å². The van der Waals surface area contributed by atoms with Gasteiger partial charge in [0.2, 0.25) is 11.5 Å². The number of H-pyrrole nitrogens is 1. The molecule has 1 aromatic rings. The van der Waals surface area contributed by atoms with E-state index in [2.05, 4.69) is 10.3 Å². The average molecular weight is 206 g/mol. The van der Waals surface area contributed by atoms with E-state index in [4.69, 9.17) is 0 Å². The molecule has 0 atom stereocenters. The van der Waals surface area contributed by atoms with Crippen molar-refractivity contribution in [1.82, 2.24) is 4.98 Å². The van der Waals surface area contributed by atoms with Crippen LogP contribution >= 0.6 is 0 Å². The fourth-order valence-corrected chi connectivity index (χ4v) is 1.92. The molecule has 0 aromatic carbocycles. The van der Waals surface area contributed by atoms with Crippen molar-refractivity contribution < 1.29 is 4.79 Å². The van der Waals surface area contributed by atoms with E-state index in [1.54, 1.807) is 6.07 Å². The van der Waals surface area contributed by atoms with E-state index in [1.807, 2.05) is 0 Å². The third-order valence-corrected chi connectivity index (χ3v) is 2.78. The highest BCUT2D eigenvalue weighted by atomic mass is 16.2. The first kappa shape index (κ1) is 9.96. The molecule has 0 aliphatic heterocycles. The molecule has 1 amide bonds. The molecular formula is C11H14N2O2. The Kier molecular flexibility index (Phi) is 2.85. The number of aromatic nitrogens is 1. The van der Waals surface area contributed by atoms with Crippen LogP contribution < -0.4 is 10.9 Å². The van der Waals surface area contributed by atoms with Crippen molar-refractivity contribution in [1.29, 1.82) is 0 Å². The van der Waals surface area contributed by atoms with Crippen molar-refractivity contribution in [2.75, 3.05) is 5.32 Å². The Bertz CT molecular complexity index is 385. The molecule has 0 saturated heterocycles. The number of rotatable bonds is 2. The Balaban J connectivity index is 1.99. The Labute approximate surface area is 87.7 Å². The van der Waals surface area contributed by atoms with Crippen LogP contribution in [-0.2, 0) is 4.79 Å². The maximum absolute atomic E-state index is 11.7. The van der Waals surface area contributed by atoms with Gasteiger partial charge in [-0.3, -0.25) is 9.59 Å². The first-order valence-electron chi connectivity index (χ1n) is 5.25. The van der Waals surface area contributed by atoms with Crippen LogP contribution in [0.5, 0.6) is 0 Å². The van der Waals surface area contributed by atoms with Gasteiger partial charge in [0.25, 0.3) is 0 Å². The van der Waals surface area contributed by atoms with Crippen LogP contribution in [0.1, 0.15) is 25.7 Å². The molecule has 1 fully saturated rings. The predicted octanol–water partition coefficient (Wildman–Crippen LogP) is 1.50. The fourth-order valence-electron chi connectivity index (χ4n) is 1.92. The van der Waals surface area contributed by atoms with Gasteiger partial charge in [-0.2, -0.15) is 0 Å². The van der Waals surface area contributed by atoms with Gasteiger partial charge in [-0.1, -0.05) is 12.8 Å². The van der Waals surface area contributed by atoms with Gasteiger partial charge < -0.3 is 10.3 Å². The molecule has 0 unspecified atom stereocenters. The third-order valence-electron chi connectivity index (χ3n) is 2.78. The van der Waals surface area contributed by atoms with E-state index >= 15 is 0 Å². The van der Waals surface area contributed by atoms with Crippen LogP contribution in [0, 0.1) is 5.92 Å².